The lowest BCUT2D eigenvalue weighted by molar-refractivity contribution is 0.654. The molecule has 1 fully saturated rings. The van der Waals surface area contributed by atoms with Crippen molar-refractivity contribution in [1.29, 1.82) is 0 Å². The number of hydrogen-bond donors (Lipinski definition) is 2. The number of piperazine rings is 1. The average Bonchev–Trinajstić information content (AvgIpc) is 2.47. The Hall–Kier alpha value is -2.36. The minimum absolute atomic E-state index is 0.820. The van der Waals surface area contributed by atoms with Crippen molar-refractivity contribution in [2.45, 2.75) is 0 Å². The number of hydrogen-bond acceptors (Lipinski definition) is 4. The first kappa shape index (κ1) is 12.7. The van der Waals surface area contributed by atoms with Crippen LogP contribution in [-0.2, 0) is 0 Å². The van der Waals surface area contributed by atoms with Gasteiger partial charge in [-0.15, -0.1) is 0 Å². The van der Waals surface area contributed by atoms with Crippen LogP contribution < -0.4 is 21.3 Å². The summed E-state index contributed by atoms with van der Waals surface area (Å²) in [5.74, 6) is 0. The summed E-state index contributed by atoms with van der Waals surface area (Å²) in [5, 5.41) is 0. The van der Waals surface area contributed by atoms with Crippen molar-refractivity contribution in [3.05, 3.63) is 48.5 Å². The third-order valence-corrected chi connectivity index (χ3v) is 3.75. The Morgan fingerprint density at radius 2 is 1.05 bits per heavy atom. The van der Waals surface area contributed by atoms with Gasteiger partial charge in [0.25, 0.3) is 0 Å². The van der Waals surface area contributed by atoms with Crippen molar-refractivity contribution >= 4 is 22.7 Å². The van der Waals surface area contributed by atoms with Crippen molar-refractivity contribution in [3.63, 3.8) is 0 Å². The van der Waals surface area contributed by atoms with Gasteiger partial charge in [-0.2, -0.15) is 0 Å². The van der Waals surface area contributed by atoms with Gasteiger partial charge < -0.3 is 21.3 Å². The van der Waals surface area contributed by atoms with Crippen molar-refractivity contribution in [3.8, 4) is 0 Å². The fraction of sp³-hybridized carbons (Fsp3) is 0.250. The third kappa shape index (κ3) is 2.64. The highest BCUT2D eigenvalue weighted by Gasteiger charge is 2.17. The summed E-state index contributed by atoms with van der Waals surface area (Å²) in [5.41, 5.74) is 15.8. The molecule has 2 aromatic rings. The van der Waals surface area contributed by atoms with Crippen LogP contribution in [0.2, 0.25) is 0 Å². The molecule has 1 aliphatic rings. The lowest BCUT2D eigenvalue weighted by Gasteiger charge is -2.37. The molecular weight excluding hydrogens is 248 g/mol. The van der Waals surface area contributed by atoms with E-state index in [4.69, 9.17) is 11.5 Å². The van der Waals surface area contributed by atoms with Gasteiger partial charge in [0.15, 0.2) is 0 Å². The third-order valence-electron chi connectivity index (χ3n) is 3.75. The summed E-state index contributed by atoms with van der Waals surface area (Å²) in [6, 6.07) is 16.2. The van der Waals surface area contributed by atoms with Crippen LogP contribution in [0.4, 0.5) is 22.7 Å². The van der Waals surface area contributed by atoms with Crippen molar-refractivity contribution in [2.75, 3.05) is 47.4 Å². The Labute approximate surface area is 119 Å². The van der Waals surface area contributed by atoms with Crippen molar-refractivity contribution < 1.29 is 0 Å². The van der Waals surface area contributed by atoms with E-state index in [1.54, 1.807) is 0 Å². The smallest absolute Gasteiger partial charge is 0.0388 e. The number of nitrogen functional groups attached to an aromatic ring is 2. The number of rotatable bonds is 2. The number of anilines is 4. The molecule has 0 aliphatic carbocycles. The van der Waals surface area contributed by atoms with E-state index in [1.807, 2.05) is 36.4 Å². The van der Waals surface area contributed by atoms with Crippen LogP contribution in [0.15, 0.2) is 48.5 Å². The molecule has 0 amide bonds. The number of nitrogens with two attached hydrogens (primary N) is 2. The molecule has 1 saturated heterocycles. The Morgan fingerprint density at radius 3 is 1.40 bits per heavy atom. The largest absolute Gasteiger partial charge is 0.399 e. The fourth-order valence-electron chi connectivity index (χ4n) is 2.67. The molecule has 1 heterocycles. The monoisotopic (exact) mass is 268 g/mol. The molecule has 0 atom stereocenters. The highest BCUT2D eigenvalue weighted by atomic mass is 15.3. The highest BCUT2D eigenvalue weighted by Crippen LogP contribution is 2.23. The molecule has 0 spiro atoms. The van der Waals surface area contributed by atoms with Crippen molar-refractivity contribution in [2.24, 2.45) is 0 Å². The van der Waals surface area contributed by atoms with E-state index in [0.29, 0.717) is 0 Å². The molecular formula is C16H20N4. The van der Waals surface area contributed by atoms with E-state index in [1.165, 1.54) is 11.4 Å². The molecule has 2 aromatic carbocycles. The molecule has 0 saturated carbocycles. The van der Waals surface area contributed by atoms with Gasteiger partial charge in [0, 0.05) is 48.9 Å². The second-order valence-electron chi connectivity index (χ2n) is 5.16. The number of benzene rings is 2. The second kappa shape index (κ2) is 5.33. The summed E-state index contributed by atoms with van der Waals surface area (Å²) in [6.45, 7) is 3.99. The van der Waals surface area contributed by atoms with Crippen LogP contribution in [-0.4, -0.2) is 26.2 Å². The first-order valence-electron chi connectivity index (χ1n) is 6.93. The lowest BCUT2D eigenvalue weighted by atomic mass is 10.2. The van der Waals surface area contributed by atoms with Gasteiger partial charge in [-0.3, -0.25) is 0 Å². The Bertz CT molecular complexity index is 535. The Balaban J connectivity index is 1.68. The van der Waals surface area contributed by atoms with Gasteiger partial charge in [-0.05, 0) is 36.4 Å². The highest BCUT2D eigenvalue weighted by molar-refractivity contribution is 5.59. The van der Waals surface area contributed by atoms with E-state index < -0.39 is 0 Å². The van der Waals surface area contributed by atoms with Crippen LogP contribution in [0.5, 0.6) is 0 Å². The van der Waals surface area contributed by atoms with E-state index in [-0.39, 0.29) is 0 Å². The molecule has 20 heavy (non-hydrogen) atoms. The van der Waals surface area contributed by atoms with Crippen LogP contribution in [0.1, 0.15) is 0 Å². The SMILES string of the molecule is Nc1cccc(N2CCN(c3cccc(N)c3)CC2)c1. The summed E-state index contributed by atoms with van der Waals surface area (Å²) < 4.78 is 0. The molecule has 0 bridgehead atoms. The fourth-order valence-corrected chi connectivity index (χ4v) is 2.67. The van der Waals surface area contributed by atoms with Crippen LogP contribution in [0, 0.1) is 0 Å². The normalized spacial score (nSPS) is 15.4. The van der Waals surface area contributed by atoms with Gasteiger partial charge >= 0.3 is 0 Å². The maximum Gasteiger partial charge on any atom is 0.0388 e. The van der Waals surface area contributed by atoms with E-state index in [2.05, 4.69) is 21.9 Å². The zero-order valence-electron chi connectivity index (χ0n) is 11.5. The van der Waals surface area contributed by atoms with Crippen LogP contribution in [0.3, 0.4) is 0 Å². The molecule has 0 aromatic heterocycles. The zero-order chi connectivity index (χ0) is 13.9. The van der Waals surface area contributed by atoms with Crippen molar-refractivity contribution in [1.82, 2.24) is 0 Å². The zero-order valence-corrected chi connectivity index (χ0v) is 11.5. The Morgan fingerprint density at radius 1 is 0.650 bits per heavy atom. The molecule has 4 heteroatoms. The van der Waals surface area contributed by atoms with Gasteiger partial charge in [0.05, 0.1) is 0 Å². The molecule has 4 nitrogen and oxygen atoms in total. The first-order valence-corrected chi connectivity index (χ1v) is 6.93. The quantitative estimate of drug-likeness (QED) is 0.820. The predicted molar refractivity (Wildman–Crippen MR) is 86.1 cm³/mol. The van der Waals surface area contributed by atoms with Gasteiger partial charge in [-0.1, -0.05) is 12.1 Å². The van der Waals surface area contributed by atoms with Crippen LogP contribution >= 0.6 is 0 Å². The van der Waals surface area contributed by atoms with E-state index in [0.717, 1.165) is 37.6 Å². The second-order valence-corrected chi connectivity index (χ2v) is 5.16. The van der Waals surface area contributed by atoms with E-state index >= 15 is 0 Å². The minimum Gasteiger partial charge on any atom is -0.399 e. The van der Waals surface area contributed by atoms with E-state index in [9.17, 15) is 0 Å². The Kier molecular flexibility index (Phi) is 3.37. The van der Waals surface area contributed by atoms with Gasteiger partial charge in [0.1, 0.15) is 0 Å². The summed E-state index contributed by atoms with van der Waals surface area (Å²) in [6.07, 6.45) is 0. The first-order chi connectivity index (χ1) is 9.72. The standard InChI is InChI=1S/C16H20N4/c17-13-3-1-5-15(11-13)19-7-9-20(10-8-19)16-6-2-4-14(18)12-16/h1-6,11-12H,7-10,17-18H2. The molecule has 104 valence electrons. The van der Waals surface area contributed by atoms with Gasteiger partial charge in [-0.25, -0.2) is 0 Å². The minimum atomic E-state index is 0.820. The van der Waals surface area contributed by atoms with Crippen LogP contribution in [0.25, 0.3) is 0 Å². The summed E-state index contributed by atoms with van der Waals surface area (Å²) >= 11 is 0. The number of nitrogens with zero attached hydrogens (tertiary/aromatic N) is 2. The molecule has 3 rings (SSSR count). The maximum atomic E-state index is 5.85. The maximum absolute atomic E-state index is 5.85. The summed E-state index contributed by atoms with van der Waals surface area (Å²) in [7, 11) is 0. The molecule has 0 radical (unpaired) electrons. The summed E-state index contributed by atoms with van der Waals surface area (Å²) in [4.78, 5) is 4.75. The average molecular weight is 268 g/mol. The molecule has 1 aliphatic heterocycles. The predicted octanol–water partition coefficient (Wildman–Crippen LogP) is 2.18. The lowest BCUT2D eigenvalue weighted by Crippen LogP contribution is -2.46. The molecule has 0 unspecified atom stereocenters. The molecule has 4 N–H and O–H groups in total. The topological polar surface area (TPSA) is 58.5 Å². The van der Waals surface area contributed by atoms with Gasteiger partial charge in [0.2, 0.25) is 0 Å².